The van der Waals surface area contributed by atoms with E-state index < -0.39 is 5.82 Å². The van der Waals surface area contributed by atoms with E-state index in [1.165, 1.54) is 12.5 Å². The molecule has 0 saturated carbocycles. The summed E-state index contributed by atoms with van der Waals surface area (Å²) in [6.45, 7) is 6.42. The van der Waals surface area contributed by atoms with Crippen LogP contribution in [0.15, 0.2) is 12.3 Å². The number of nitrogens with zero attached hydrogens (tertiary/aromatic N) is 2. The summed E-state index contributed by atoms with van der Waals surface area (Å²) in [5.41, 5.74) is 0.347. The van der Waals surface area contributed by atoms with Crippen LogP contribution in [-0.2, 0) is 0 Å². The van der Waals surface area contributed by atoms with Crippen LogP contribution >= 0.6 is 0 Å². The predicted octanol–water partition coefficient (Wildman–Crippen LogP) is 3.30. The van der Waals surface area contributed by atoms with Gasteiger partial charge in [0.05, 0.1) is 11.8 Å². The predicted molar refractivity (Wildman–Crippen MR) is 81.9 cm³/mol. The van der Waals surface area contributed by atoms with Crippen LogP contribution in [0.4, 0.5) is 10.2 Å². The second-order valence-corrected chi connectivity index (χ2v) is 5.64. The largest absolute Gasteiger partial charge is 0.369 e. The van der Waals surface area contributed by atoms with E-state index in [-0.39, 0.29) is 5.91 Å². The molecule has 1 aromatic rings. The zero-order valence-corrected chi connectivity index (χ0v) is 12.9. The van der Waals surface area contributed by atoms with Gasteiger partial charge in [-0.2, -0.15) is 0 Å². The quantitative estimate of drug-likeness (QED) is 0.906. The minimum absolute atomic E-state index is 0.112. The van der Waals surface area contributed by atoms with Crippen LogP contribution in [0.1, 0.15) is 49.9 Å². The van der Waals surface area contributed by atoms with E-state index in [4.69, 9.17) is 0 Å². The average molecular weight is 293 g/mol. The minimum Gasteiger partial charge on any atom is -0.369 e. The third-order valence-electron chi connectivity index (χ3n) is 4.01. The van der Waals surface area contributed by atoms with Crippen molar-refractivity contribution >= 4 is 11.7 Å². The molecule has 1 saturated heterocycles. The maximum absolute atomic E-state index is 13.5. The van der Waals surface area contributed by atoms with E-state index in [9.17, 15) is 9.18 Å². The summed E-state index contributed by atoms with van der Waals surface area (Å²) in [5.74, 6) is 0.460. The van der Waals surface area contributed by atoms with Crippen molar-refractivity contribution in [2.75, 3.05) is 25.0 Å². The Bertz CT molecular complexity index is 492. The van der Waals surface area contributed by atoms with Crippen molar-refractivity contribution < 1.29 is 9.18 Å². The van der Waals surface area contributed by atoms with E-state index >= 15 is 0 Å². The molecule has 1 unspecified atom stereocenters. The highest BCUT2D eigenvalue weighted by atomic mass is 19.1. The highest BCUT2D eigenvalue weighted by Gasteiger charge is 2.25. The number of anilines is 1. The van der Waals surface area contributed by atoms with Gasteiger partial charge in [-0.1, -0.05) is 20.3 Å². The number of pyridine rings is 1. The zero-order valence-electron chi connectivity index (χ0n) is 12.9. The number of hydrogen-bond donors (Lipinski definition) is 1. The van der Waals surface area contributed by atoms with E-state index in [2.05, 4.69) is 17.2 Å². The number of nitrogens with one attached hydrogen (secondary N) is 1. The van der Waals surface area contributed by atoms with Crippen LogP contribution in [-0.4, -0.2) is 35.4 Å². The van der Waals surface area contributed by atoms with E-state index in [0.29, 0.717) is 17.3 Å². The van der Waals surface area contributed by atoms with Gasteiger partial charge in [0.2, 0.25) is 0 Å². The molecule has 1 atom stereocenters. The van der Waals surface area contributed by atoms with E-state index in [1.54, 1.807) is 0 Å². The van der Waals surface area contributed by atoms with Crippen molar-refractivity contribution in [1.29, 1.82) is 0 Å². The number of aromatic nitrogens is 1. The molecule has 1 aliphatic heterocycles. The highest BCUT2D eigenvalue weighted by molar-refractivity contribution is 5.98. The smallest absolute Gasteiger partial charge is 0.257 e. The van der Waals surface area contributed by atoms with Crippen molar-refractivity contribution in [3.8, 4) is 0 Å². The van der Waals surface area contributed by atoms with Gasteiger partial charge in [-0.15, -0.1) is 0 Å². The molecule has 1 aromatic heterocycles. The van der Waals surface area contributed by atoms with Gasteiger partial charge in [0.15, 0.2) is 0 Å². The summed E-state index contributed by atoms with van der Waals surface area (Å²) in [7, 11) is 0. The zero-order chi connectivity index (χ0) is 15.2. The number of halogens is 1. The lowest BCUT2D eigenvalue weighted by Crippen LogP contribution is -2.40. The number of hydrogen-bond acceptors (Lipinski definition) is 3. The molecule has 1 aliphatic rings. The molecule has 21 heavy (non-hydrogen) atoms. The Balaban J connectivity index is 2.18. The lowest BCUT2D eigenvalue weighted by molar-refractivity contribution is 0.0671. The van der Waals surface area contributed by atoms with Crippen LogP contribution in [0.25, 0.3) is 0 Å². The van der Waals surface area contributed by atoms with E-state index in [1.807, 2.05) is 11.8 Å². The fraction of sp³-hybridized carbons (Fsp3) is 0.625. The molecule has 0 aromatic carbocycles. The number of likely N-dealkylation sites (tertiary alicyclic amines) is 1. The summed E-state index contributed by atoms with van der Waals surface area (Å²) in [5, 5.41) is 3.11. The first kappa shape index (κ1) is 15.7. The molecular weight excluding hydrogens is 269 g/mol. The Kier molecular flexibility index (Phi) is 5.53. The van der Waals surface area contributed by atoms with Crippen LogP contribution in [0.3, 0.4) is 0 Å². The molecule has 2 heterocycles. The van der Waals surface area contributed by atoms with Crippen LogP contribution in [0, 0.1) is 11.7 Å². The molecule has 2 rings (SSSR count). The molecule has 116 valence electrons. The number of rotatable bonds is 5. The van der Waals surface area contributed by atoms with Crippen molar-refractivity contribution in [3.05, 3.63) is 23.6 Å². The number of amides is 1. The fourth-order valence-electron chi connectivity index (χ4n) is 2.74. The Morgan fingerprint density at radius 2 is 2.33 bits per heavy atom. The van der Waals surface area contributed by atoms with Gasteiger partial charge in [0.25, 0.3) is 5.91 Å². The highest BCUT2D eigenvalue weighted by Crippen LogP contribution is 2.23. The lowest BCUT2D eigenvalue weighted by Gasteiger charge is -2.32. The maximum atomic E-state index is 13.5. The Hall–Kier alpha value is -1.65. The van der Waals surface area contributed by atoms with Gasteiger partial charge < -0.3 is 10.2 Å². The van der Waals surface area contributed by atoms with Gasteiger partial charge in [-0.25, -0.2) is 9.37 Å². The van der Waals surface area contributed by atoms with Crippen LogP contribution < -0.4 is 5.32 Å². The standard InChI is InChI=1S/C16H24FN3O/c1-3-7-18-15-14(9-13(17)10-19-15)16(21)20-8-5-6-12(4-2)11-20/h9-10,12H,3-8,11H2,1-2H3,(H,18,19). The molecular formula is C16H24FN3O. The summed E-state index contributed by atoms with van der Waals surface area (Å²) < 4.78 is 13.5. The van der Waals surface area contributed by atoms with Crippen LogP contribution in [0.5, 0.6) is 0 Å². The number of carbonyl (C=O) groups excluding carboxylic acids is 1. The second kappa shape index (κ2) is 7.38. The average Bonchev–Trinajstić information content (AvgIpc) is 2.53. The summed E-state index contributed by atoms with van der Waals surface area (Å²) in [4.78, 5) is 18.6. The number of carbonyl (C=O) groups is 1. The third-order valence-corrected chi connectivity index (χ3v) is 4.01. The number of piperidine rings is 1. The molecule has 0 radical (unpaired) electrons. The monoisotopic (exact) mass is 293 g/mol. The molecule has 0 aliphatic carbocycles. The summed E-state index contributed by atoms with van der Waals surface area (Å²) in [6, 6.07) is 1.29. The van der Waals surface area contributed by atoms with Crippen molar-refractivity contribution in [1.82, 2.24) is 9.88 Å². The maximum Gasteiger partial charge on any atom is 0.257 e. The molecule has 4 nitrogen and oxygen atoms in total. The summed E-state index contributed by atoms with van der Waals surface area (Å²) in [6.07, 6.45) is 5.34. The van der Waals surface area contributed by atoms with Gasteiger partial charge in [0, 0.05) is 19.6 Å². The first-order valence-electron chi connectivity index (χ1n) is 7.84. The SMILES string of the molecule is CCCNc1ncc(F)cc1C(=O)N1CCCC(CC)C1. The fourth-order valence-corrected chi connectivity index (χ4v) is 2.74. The van der Waals surface area contributed by atoms with Crippen molar-refractivity contribution in [3.63, 3.8) is 0 Å². The first-order chi connectivity index (χ1) is 10.2. The molecule has 1 fully saturated rings. The molecule has 1 N–H and O–H groups in total. The Morgan fingerprint density at radius 1 is 1.52 bits per heavy atom. The van der Waals surface area contributed by atoms with Crippen molar-refractivity contribution in [2.45, 2.75) is 39.5 Å². The van der Waals surface area contributed by atoms with Gasteiger partial charge in [0.1, 0.15) is 11.6 Å². The molecule has 5 heteroatoms. The molecule has 1 amide bonds. The topological polar surface area (TPSA) is 45.2 Å². The second-order valence-electron chi connectivity index (χ2n) is 5.64. The van der Waals surface area contributed by atoms with Gasteiger partial charge in [-0.05, 0) is 31.2 Å². The lowest BCUT2D eigenvalue weighted by atomic mass is 9.95. The summed E-state index contributed by atoms with van der Waals surface area (Å²) >= 11 is 0. The normalized spacial score (nSPS) is 18.6. The van der Waals surface area contributed by atoms with Gasteiger partial charge >= 0.3 is 0 Å². The third kappa shape index (κ3) is 3.93. The van der Waals surface area contributed by atoms with Gasteiger partial charge in [-0.3, -0.25) is 4.79 Å². The molecule has 0 spiro atoms. The molecule has 0 bridgehead atoms. The first-order valence-corrected chi connectivity index (χ1v) is 7.84. The van der Waals surface area contributed by atoms with Crippen molar-refractivity contribution in [2.24, 2.45) is 5.92 Å². The van der Waals surface area contributed by atoms with Crippen LogP contribution in [0.2, 0.25) is 0 Å². The minimum atomic E-state index is -0.468. The van der Waals surface area contributed by atoms with E-state index in [0.717, 1.165) is 45.1 Å². The Labute approximate surface area is 125 Å². The Morgan fingerprint density at radius 3 is 3.05 bits per heavy atom.